The van der Waals surface area contributed by atoms with Gasteiger partial charge in [-0.15, -0.1) is 0 Å². The lowest BCUT2D eigenvalue weighted by Crippen LogP contribution is -1.98. The number of hydrogen-bond donors (Lipinski definition) is 1. The van der Waals surface area contributed by atoms with E-state index in [1.165, 1.54) is 61.0 Å². The predicted molar refractivity (Wildman–Crippen MR) is 136 cm³/mol. The van der Waals surface area contributed by atoms with Gasteiger partial charge in [0.15, 0.2) is 0 Å². The highest BCUT2D eigenvalue weighted by Gasteiger charge is 2.12. The number of rotatable bonds is 13. The minimum Gasteiger partial charge on any atom is -0.507 e. The number of phenols is 1. The molecule has 0 spiro atoms. The van der Waals surface area contributed by atoms with E-state index in [4.69, 9.17) is 0 Å². The highest BCUT2D eigenvalue weighted by atomic mass is 32.2. The van der Waals surface area contributed by atoms with Crippen LogP contribution in [-0.2, 0) is 18.6 Å². The van der Waals surface area contributed by atoms with Crippen molar-refractivity contribution in [1.82, 2.24) is 0 Å². The van der Waals surface area contributed by atoms with E-state index in [1.807, 2.05) is 23.9 Å². The Hall–Kier alpha value is -2.19. The minimum absolute atomic E-state index is 0.456. The third-order valence-electron chi connectivity index (χ3n) is 5.71. The van der Waals surface area contributed by atoms with Crippen LogP contribution in [0.1, 0.15) is 73.3 Å². The molecule has 1 nitrogen and oxygen atoms in total. The molecule has 0 aliphatic heterocycles. The minimum atomic E-state index is 0.456. The van der Waals surface area contributed by atoms with Crippen molar-refractivity contribution >= 4 is 11.8 Å². The van der Waals surface area contributed by atoms with Gasteiger partial charge in [0.1, 0.15) is 5.75 Å². The van der Waals surface area contributed by atoms with E-state index in [-0.39, 0.29) is 0 Å². The lowest BCUT2D eigenvalue weighted by molar-refractivity contribution is 0.463. The summed E-state index contributed by atoms with van der Waals surface area (Å²) in [5.41, 5.74) is 5.87. The lowest BCUT2D eigenvalue weighted by atomic mass is 9.95. The number of aromatic hydroxyl groups is 1. The molecular formula is C29H36OS. The second-order valence-corrected chi connectivity index (χ2v) is 9.51. The second-order valence-electron chi connectivity index (χ2n) is 8.41. The van der Waals surface area contributed by atoms with Gasteiger partial charge in [0, 0.05) is 18.6 Å². The molecule has 0 unspecified atom stereocenters. The summed E-state index contributed by atoms with van der Waals surface area (Å²) in [6.45, 7) is 2.27. The summed E-state index contributed by atoms with van der Waals surface area (Å²) in [6.07, 6.45) is 9.62. The zero-order chi connectivity index (χ0) is 21.7. The average molecular weight is 433 g/mol. The van der Waals surface area contributed by atoms with Crippen molar-refractivity contribution in [3.63, 3.8) is 0 Å². The van der Waals surface area contributed by atoms with Gasteiger partial charge in [0.25, 0.3) is 0 Å². The number of benzene rings is 3. The molecule has 3 aromatic carbocycles. The fourth-order valence-corrected chi connectivity index (χ4v) is 4.95. The molecule has 164 valence electrons. The molecule has 0 fully saturated rings. The van der Waals surface area contributed by atoms with Crippen LogP contribution in [0.4, 0.5) is 0 Å². The maximum atomic E-state index is 11.0. The first-order valence-electron chi connectivity index (χ1n) is 11.8. The molecule has 1 N–H and O–H groups in total. The van der Waals surface area contributed by atoms with Crippen LogP contribution in [0.3, 0.4) is 0 Å². The fourth-order valence-electron chi connectivity index (χ4n) is 3.99. The topological polar surface area (TPSA) is 20.2 Å². The van der Waals surface area contributed by atoms with Crippen molar-refractivity contribution in [3.8, 4) is 5.75 Å². The third kappa shape index (κ3) is 8.10. The molecule has 0 bridgehead atoms. The summed E-state index contributed by atoms with van der Waals surface area (Å²) >= 11 is 2.02. The SMILES string of the molecule is CCCCCCCCSCc1cc(Cc2ccccc2)c(O)c(Cc2ccccc2)c1. The predicted octanol–water partition coefficient (Wildman–Crippen LogP) is 8.17. The van der Waals surface area contributed by atoms with Crippen molar-refractivity contribution in [3.05, 3.63) is 101 Å². The Morgan fingerprint density at radius 2 is 1.16 bits per heavy atom. The van der Waals surface area contributed by atoms with Gasteiger partial charge in [0.05, 0.1) is 0 Å². The van der Waals surface area contributed by atoms with Gasteiger partial charge in [-0.25, -0.2) is 0 Å². The maximum Gasteiger partial charge on any atom is 0.122 e. The molecule has 3 rings (SSSR count). The molecule has 0 amide bonds. The number of hydrogen-bond acceptors (Lipinski definition) is 2. The van der Waals surface area contributed by atoms with Crippen molar-refractivity contribution in [2.45, 2.75) is 64.0 Å². The van der Waals surface area contributed by atoms with E-state index < -0.39 is 0 Å². The van der Waals surface area contributed by atoms with Gasteiger partial charge in [-0.1, -0.05) is 112 Å². The summed E-state index contributed by atoms with van der Waals surface area (Å²) in [7, 11) is 0. The molecule has 0 aliphatic rings. The molecular weight excluding hydrogens is 396 g/mol. The number of phenolic OH excluding ortho intramolecular Hbond substituents is 1. The standard InChI is InChI=1S/C29H36OS/c1-2-3-4-5-6-13-18-31-23-26-21-27(19-24-14-9-7-10-15-24)29(30)28(22-26)20-25-16-11-8-12-17-25/h7-12,14-17,21-22,30H,2-6,13,18-20,23H2,1H3. The van der Waals surface area contributed by atoms with Crippen LogP contribution < -0.4 is 0 Å². The number of thioether (sulfide) groups is 1. The molecule has 0 radical (unpaired) electrons. The number of unbranched alkanes of at least 4 members (excludes halogenated alkanes) is 5. The summed E-state index contributed by atoms with van der Waals surface area (Å²) < 4.78 is 0. The molecule has 0 atom stereocenters. The van der Waals surface area contributed by atoms with E-state index in [9.17, 15) is 5.11 Å². The molecule has 0 saturated carbocycles. The molecule has 3 aromatic rings. The van der Waals surface area contributed by atoms with Crippen molar-refractivity contribution in [2.75, 3.05) is 5.75 Å². The summed E-state index contributed by atoms with van der Waals surface area (Å²) in [5, 5.41) is 11.0. The Morgan fingerprint density at radius 1 is 0.645 bits per heavy atom. The van der Waals surface area contributed by atoms with Crippen LogP contribution >= 0.6 is 11.8 Å². The zero-order valence-electron chi connectivity index (χ0n) is 18.9. The fraction of sp³-hybridized carbons (Fsp3) is 0.379. The van der Waals surface area contributed by atoms with Gasteiger partial charge < -0.3 is 5.11 Å². The van der Waals surface area contributed by atoms with Gasteiger partial charge in [-0.05, 0) is 40.0 Å². The Bertz CT molecular complexity index is 827. The zero-order valence-corrected chi connectivity index (χ0v) is 19.7. The highest BCUT2D eigenvalue weighted by Crippen LogP contribution is 2.30. The molecule has 0 aromatic heterocycles. The Balaban J connectivity index is 1.67. The second kappa shape index (κ2) is 13.3. The Morgan fingerprint density at radius 3 is 1.71 bits per heavy atom. The monoisotopic (exact) mass is 432 g/mol. The third-order valence-corrected chi connectivity index (χ3v) is 6.83. The van der Waals surface area contributed by atoms with Crippen molar-refractivity contribution < 1.29 is 5.11 Å². The largest absolute Gasteiger partial charge is 0.507 e. The molecule has 0 heterocycles. The van der Waals surface area contributed by atoms with Crippen LogP contribution in [0.25, 0.3) is 0 Å². The first-order chi connectivity index (χ1) is 15.3. The van der Waals surface area contributed by atoms with E-state index in [0.717, 1.165) is 29.7 Å². The molecule has 0 aliphatic carbocycles. The molecule has 31 heavy (non-hydrogen) atoms. The van der Waals surface area contributed by atoms with Gasteiger partial charge in [-0.3, -0.25) is 0 Å². The van der Waals surface area contributed by atoms with Crippen LogP contribution in [0.5, 0.6) is 5.75 Å². The van der Waals surface area contributed by atoms with E-state index in [1.54, 1.807) is 0 Å². The summed E-state index contributed by atoms with van der Waals surface area (Å²) in [6, 6.07) is 25.3. The quantitative estimate of drug-likeness (QED) is 0.275. The van der Waals surface area contributed by atoms with Crippen LogP contribution in [0, 0.1) is 0 Å². The summed E-state index contributed by atoms with van der Waals surface area (Å²) in [5.74, 6) is 2.69. The molecule has 0 saturated heterocycles. The van der Waals surface area contributed by atoms with Crippen LogP contribution in [0.2, 0.25) is 0 Å². The molecule has 2 heteroatoms. The Kier molecular flexibility index (Phi) is 10.0. The van der Waals surface area contributed by atoms with Crippen molar-refractivity contribution in [2.24, 2.45) is 0 Å². The first-order valence-corrected chi connectivity index (χ1v) is 12.9. The van der Waals surface area contributed by atoms with Crippen molar-refractivity contribution in [1.29, 1.82) is 0 Å². The van der Waals surface area contributed by atoms with Crippen LogP contribution in [-0.4, -0.2) is 10.9 Å². The Labute approximate surface area is 192 Å². The van der Waals surface area contributed by atoms with Crippen LogP contribution in [0.15, 0.2) is 72.8 Å². The lowest BCUT2D eigenvalue weighted by Gasteiger charge is -2.14. The normalized spacial score (nSPS) is 11.0. The van der Waals surface area contributed by atoms with Gasteiger partial charge in [-0.2, -0.15) is 11.8 Å². The van der Waals surface area contributed by atoms with E-state index >= 15 is 0 Å². The van der Waals surface area contributed by atoms with E-state index in [2.05, 4.69) is 67.6 Å². The highest BCUT2D eigenvalue weighted by molar-refractivity contribution is 7.98. The van der Waals surface area contributed by atoms with Gasteiger partial charge in [0.2, 0.25) is 0 Å². The average Bonchev–Trinajstić information content (AvgIpc) is 2.80. The maximum absolute atomic E-state index is 11.0. The van der Waals surface area contributed by atoms with E-state index in [0.29, 0.717) is 5.75 Å². The van der Waals surface area contributed by atoms with Gasteiger partial charge >= 0.3 is 0 Å². The first kappa shape index (κ1) is 23.5. The smallest absolute Gasteiger partial charge is 0.122 e. The summed E-state index contributed by atoms with van der Waals surface area (Å²) in [4.78, 5) is 0.